The average molecular weight is 576 g/mol. The van der Waals surface area contributed by atoms with Gasteiger partial charge in [-0.25, -0.2) is 24.5 Å². The second-order valence-electron chi connectivity index (χ2n) is 10.1. The standard InChI is InChI=1S/C22H25N8O9P/c31-16-11-3-1-2-10-4-12(21(37-10)29-8-27-14-17(29)23-6-25-19(14)32)39-40(34,35)36-5-13(11)38-22(16)30-9-28-15-18(30)24-7-26-20(15)33/h6-13,16,21-22,31H,1-5H2,(H,34,35)(H,23,25,32)(H,24,26,33)/t10-,11-,12-,13-,16-,21-,22-/m1/s1. The molecule has 18 heteroatoms. The zero-order valence-electron chi connectivity index (χ0n) is 20.8. The quantitative estimate of drug-likeness (QED) is 0.233. The number of fused-ring (bicyclic) bond motifs is 5. The van der Waals surface area contributed by atoms with Crippen molar-refractivity contribution < 1.29 is 33.1 Å². The lowest BCUT2D eigenvalue weighted by molar-refractivity contribution is -0.0557. The Kier molecular flexibility index (Phi) is 6.19. The van der Waals surface area contributed by atoms with Gasteiger partial charge in [-0.05, 0) is 12.8 Å². The highest BCUT2D eigenvalue weighted by Gasteiger charge is 2.48. The molecule has 8 atom stereocenters. The van der Waals surface area contributed by atoms with Gasteiger partial charge in [0.15, 0.2) is 34.8 Å². The van der Waals surface area contributed by atoms with E-state index < -0.39 is 55.6 Å². The lowest BCUT2D eigenvalue weighted by atomic mass is 9.91. The molecule has 2 bridgehead atoms. The molecule has 212 valence electrons. The number of nitrogens with one attached hydrogen (secondary N) is 2. The number of phosphoric ester groups is 1. The van der Waals surface area contributed by atoms with Crippen LogP contribution < -0.4 is 11.1 Å². The Morgan fingerprint density at radius 3 is 2.23 bits per heavy atom. The molecule has 0 aromatic carbocycles. The molecule has 4 aromatic rings. The molecule has 3 fully saturated rings. The van der Waals surface area contributed by atoms with Gasteiger partial charge in [-0.2, -0.15) is 0 Å². The normalized spacial score (nSPS) is 35.0. The Labute approximate surface area is 223 Å². The molecule has 0 spiro atoms. The number of hydrogen-bond donors (Lipinski definition) is 4. The van der Waals surface area contributed by atoms with E-state index in [1.807, 2.05) is 0 Å². The van der Waals surface area contributed by atoms with Crippen LogP contribution in [-0.4, -0.2) is 80.1 Å². The van der Waals surface area contributed by atoms with E-state index in [4.69, 9.17) is 18.5 Å². The second-order valence-corrected chi connectivity index (χ2v) is 11.5. The molecule has 4 aromatic heterocycles. The van der Waals surface area contributed by atoms with Gasteiger partial charge in [-0.3, -0.25) is 27.8 Å². The number of aliphatic hydroxyl groups excluding tert-OH is 1. The van der Waals surface area contributed by atoms with Crippen LogP contribution in [0.1, 0.15) is 38.1 Å². The topological polar surface area (TPSA) is 222 Å². The van der Waals surface area contributed by atoms with Gasteiger partial charge in [0.2, 0.25) is 0 Å². The largest absolute Gasteiger partial charge is 0.472 e. The van der Waals surface area contributed by atoms with E-state index in [1.165, 1.54) is 34.4 Å². The minimum atomic E-state index is -4.63. The average Bonchev–Trinajstić information content (AvgIpc) is 3.68. The predicted molar refractivity (Wildman–Crippen MR) is 133 cm³/mol. The lowest BCUT2D eigenvalue weighted by Gasteiger charge is -2.24. The van der Waals surface area contributed by atoms with Crippen LogP contribution in [-0.2, 0) is 23.1 Å². The van der Waals surface area contributed by atoms with Crippen molar-refractivity contribution in [2.45, 2.75) is 62.6 Å². The monoisotopic (exact) mass is 576 g/mol. The van der Waals surface area contributed by atoms with Crippen LogP contribution in [0.2, 0.25) is 0 Å². The second kappa shape index (κ2) is 9.66. The zero-order chi connectivity index (χ0) is 27.6. The molecular formula is C22H25N8O9P. The maximum atomic E-state index is 13.1. The summed E-state index contributed by atoms with van der Waals surface area (Å²) in [6.07, 6.45) is 2.38. The van der Waals surface area contributed by atoms with Crippen molar-refractivity contribution in [3.63, 3.8) is 0 Å². The Hall–Kier alpha value is -3.31. The summed E-state index contributed by atoms with van der Waals surface area (Å²) >= 11 is 0. The third-order valence-electron chi connectivity index (χ3n) is 7.68. The molecule has 0 radical (unpaired) electrons. The first kappa shape index (κ1) is 25.6. The van der Waals surface area contributed by atoms with Crippen LogP contribution in [0.25, 0.3) is 22.3 Å². The van der Waals surface area contributed by atoms with Crippen LogP contribution >= 0.6 is 7.82 Å². The van der Waals surface area contributed by atoms with Crippen LogP contribution in [0.15, 0.2) is 34.9 Å². The number of phosphoric acid groups is 1. The molecule has 4 N–H and O–H groups in total. The summed E-state index contributed by atoms with van der Waals surface area (Å²) < 4.78 is 39.3. The van der Waals surface area contributed by atoms with Gasteiger partial charge < -0.3 is 29.4 Å². The number of hydrogen-bond acceptors (Lipinski definition) is 12. The van der Waals surface area contributed by atoms with Crippen molar-refractivity contribution >= 4 is 30.2 Å². The predicted octanol–water partition coefficient (Wildman–Crippen LogP) is 0.101. The van der Waals surface area contributed by atoms with Crippen molar-refractivity contribution in [3.05, 3.63) is 46.0 Å². The van der Waals surface area contributed by atoms with E-state index in [9.17, 15) is 24.2 Å². The Morgan fingerprint density at radius 1 is 0.900 bits per heavy atom. The lowest BCUT2D eigenvalue weighted by Crippen LogP contribution is -2.29. The third-order valence-corrected chi connectivity index (χ3v) is 8.69. The van der Waals surface area contributed by atoms with Crippen LogP contribution in [0.5, 0.6) is 0 Å². The minimum absolute atomic E-state index is 0.0990. The minimum Gasteiger partial charge on any atom is -0.388 e. The number of aliphatic hydroxyl groups is 1. The van der Waals surface area contributed by atoms with E-state index in [0.29, 0.717) is 25.7 Å². The summed E-state index contributed by atoms with van der Waals surface area (Å²) in [7, 11) is -4.63. The van der Waals surface area contributed by atoms with Gasteiger partial charge in [0.25, 0.3) is 11.1 Å². The molecule has 3 aliphatic heterocycles. The molecule has 17 nitrogen and oxygen atoms in total. The molecule has 0 aliphatic carbocycles. The molecule has 40 heavy (non-hydrogen) atoms. The molecule has 1 unspecified atom stereocenters. The summed E-state index contributed by atoms with van der Waals surface area (Å²) in [6.45, 7) is -0.334. The highest BCUT2D eigenvalue weighted by molar-refractivity contribution is 7.47. The maximum Gasteiger partial charge on any atom is 0.472 e. The first-order valence-electron chi connectivity index (χ1n) is 12.7. The number of rotatable bonds is 2. The summed E-state index contributed by atoms with van der Waals surface area (Å²) in [5.74, 6) is -0.467. The number of ether oxygens (including phenoxy) is 2. The van der Waals surface area contributed by atoms with E-state index in [0.717, 1.165) is 0 Å². The molecule has 3 aliphatic rings. The van der Waals surface area contributed by atoms with Crippen molar-refractivity contribution in [2.75, 3.05) is 6.61 Å². The van der Waals surface area contributed by atoms with Gasteiger partial charge >= 0.3 is 7.82 Å². The fourth-order valence-corrected chi connectivity index (χ4v) is 6.76. The van der Waals surface area contributed by atoms with Gasteiger partial charge in [0.05, 0.1) is 44.1 Å². The fraction of sp³-hybridized carbons (Fsp3) is 0.545. The number of aromatic nitrogens is 8. The summed E-state index contributed by atoms with van der Waals surface area (Å²) in [6, 6.07) is 0. The SMILES string of the molecule is O=c1[nH]cnc2c1ncn2[C@@H]1O[C@@H]2COP(=O)(O)O[C@@H]3C[C@@H](CCC[C@H]2[C@H]1O)O[C@H]3n1cnc2c(=O)[nH]cnc21. The maximum absolute atomic E-state index is 13.1. The van der Waals surface area contributed by atoms with Gasteiger partial charge in [0, 0.05) is 12.3 Å². The number of H-pyrrole nitrogens is 2. The number of nitrogens with zero attached hydrogens (tertiary/aromatic N) is 6. The van der Waals surface area contributed by atoms with Gasteiger partial charge in [0.1, 0.15) is 12.2 Å². The van der Waals surface area contributed by atoms with Crippen LogP contribution in [0.3, 0.4) is 0 Å². The molecule has 0 saturated carbocycles. The first-order valence-corrected chi connectivity index (χ1v) is 14.2. The Balaban J connectivity index is 1.15. The molecule has 7 heterocycles. The smallest absolute Gasteiger partial charge is 0.388 e. The highest BCUT2D eigenvalue weighted by atomic mass is 31.2. The number of imidazole rings is 2. The first-order chi connectivity index (χ1) is 19.3. The van der Waals surface area contributed by atoms with Crippen molar-refractivity contribution in [1.82, 2.24) is 39.0 Å². The number of aromatic amines is 2. The van der Waals surface area contributed by atoms with Crippen molar-refractivity contribution in [1.29, 1.82) is 0 Å². The fourth-order valence-electron chi connectivity index (χ4n) is 5.83. The van der Waals surface area contributed by atoms with E-state index >= 15 is 0 Å². The van der Waals surface area contributed by atoms with Gasteiger partial charge in [-0.15, -0.1) is 0 Å². The Bertz CT molecular complexity index is 1730. The zero-order valence-corrected chi connectivity index (χ0v) is 21.7. The van der Waals surface area contributed by atoms with Crippen LogP contribution in [0.4, 0.5) is 0 Å². The van der Waals surface area contributed by atoms with E-state index in [1.54, 1.807) is 0 Å². The summed E-state index contributed by atoms with van der Waals surface area (Å²) in [5, 5.41) is 11.3. The third kappa shape index (κ3) is 4.30. The molecule has 7 rings (SSSR count). The highest BCUT2D eigenvalue weighted by Crippen LogP contribution is 2.51. The van der Waals surface area contributed by atoms with Crippen molar-refractivity contribution in [3.8, 4) is 0 Å². The van der Waals surface area contributed by atoms with Gasteiger partial charge in [-0.1, -0.05) is 6.42 Å². The molecular weight excluding hydrogens is 551 g/mol. The Morgan fingerprint density at radius 2 is 1.55 bits per heavy atom. The summed E-state index contributed by atoms with van der Waals surface area (Å²) in [5.41, 5.74) is -0.156. The van der Waals surface area contributed by atoms with E-state index in [2.05, 4.69) is 29.9 Å². The van der Waals surface area contributed by atoms with Crippen LogP contribution in [0, 0.1) is 5.92 Å². The van der Waals surface area contributed by atoms with Crippen molar-refractivity contribution in [2.24, 2.45) is 5.92 Å². The molecule has 0 amide bonds. The van der Waals surface area contributed by atoms with E-state index in [-0.39, 0.29) is 35.0 Å². The molecule has 3 saturated heterocycles. The summed E-state index contributed by atoms with van der Waals surface area (Å²) in [4.78, 5) is 56.3.